The molecule has 0 saturated carbocycles. The summed E-state index contributed by atoms with van der Waals surface area (Å²) in [5.41, 5.74) is 0.999. The van der Waals surface area contributed by atoms with Gasteiger partial charge in [-0.3, -0.25) is 4.79 Å². The summed E-state index contributed by atoms with van der Waals surface area (Å²) in [7, 11) is 0. The number of carbonyl (C=O) groups is 1. The first-order valence-corrected chi connectivity index (χ1v) is 5.15. The molecule has 0 radical (unpaired) electrons. The molecule has 0 aromatic heterocycles. The lowest BCUT2D eigenvalue weighted by Crippen LogP contribution is -1.95. The fourth-order valence-electron chi connectivity index (χ4n) is 0.962. The Morgan fingerprint density at radius 2 is 2.00 bits per heavy atom. The van der Waals surface area contributed by atoms with Gasteiger partial charge in [-0.1, -0.05) is 36.8 Å². The molecule has 0 bridgehead atoms. The first-order chi connectivity index (χ1) is 6.60. The van der Waals surface area contributed by atoms with Crippen molar-refractivity contribution in [2.75, 3.05) is 0 Å². The van der Waals surface area contributed by atoms with Gasteiger partial charge in [0.25, 0.3) is 0 Å². The van der Waals surface area contributed by atoms with Gasteiger partial charge in [0.05, 0.1) is 0 Å². The van der Waals surface area contributed by atoms with E-state index in [0.717, 1.165) is 10.6 Å². The molecule has 1 nitrogen and oxygen atoms in total. The van der Waals surface area contributed by atoms with Crippen molar-refractivity contribution in [3.05, 3.63) is 34.9 Å². The smallest absolute Gasteiger partial charge is 0.136 e. The van der Waals surface area contributed by atoms with Crippen molar-refractivity contribution < 1.29 is 4.79 Å². The Bertz CT molecular complexity index is 268. The largest absolute Gasteiger partial charge is 0.299 e. The second kappa shape index (κ2) is 7.57. The predicted molar refractivity (Wildman–Crippen MR) is 62.4 cm³/mol. The van der Waals surface area contributed by atoms with Crippen molar-refractivity contribution in [1.82, 2.24) is 0 Å². The van der Waals surface area contributed by atoms with Gasteiger partial charge in [0.15, 0.2) is 0 Å². The number of hydrogen-bond donors (Lipinski definition) is 0. The molecule has 2 heteroatoms. The van der Waals surface area contributed by atoms with Gasteiger partial charge in [-0.2, -0.15) is 0 Å². The van der Waals surface area contributed by atoms with Crippen LogP contribution in [-0.2, 0) is 4.79 Å². The van der Waals surface area contributed by atoms with Crippen molar-refractivity contribution >= 4 is 17.4 Å². The first-order valence-electron chi connectivity index (χ1n) is 4.77. The third-order valence-corrected chi connectivity index (χ3v) is 1.83. The Morgan fingerprint density at radius 3 is 2.43 bits per heavy atom. The Kier molecular flexibility index (Phi) is 7.13. The average molecular weight is 213 g/mol. The zero-order chi connectivity index (χ0) is 11.0. The molecular weight excluding hydrogens is 196 g/mol. The highest BCUT2D eigenvalue weighted by Gasteiger charge is 1.99. The molecular formula is C12H17ClO. The normalized spacial score (nSPS) is 13.7. The summed E-state index contributed by atoms with van der Waals surface area (Å²) in [5, 5.41) is 0.718. The lowest BCUT2D eigenvalue weighted by Gasteiger charge is -1.98. The zero-order valence-corrected chi connectivity index (χ0v) is 9.77. The molecule has 0 N–H and O–H groups in total. The summed E-state index contributed by atoms with van der Waals surface area (Å²) < 4.78 is 0. The predicted octanol–water partition coefficient (Wildman–Crippen LogP) is 4.00. The van der Waals surface area contributed by atoms with Gasteiger partial charge >= 0.3 is 0 Å². The molecule has 0 aromatic carbocycles. The highest BCUT2D eigenvalue weighted by molar-refractivity contribution is 6.29. The fraction of sp³-hybridized carbons (Fsp3) is 0.417. The molecule has 0 saturated heterocycles. The third kappa shape index (κ3) is 6.67. The molecule has 78 valence electrons. The van der Waals surface area contributed by atoms with Crippen LogP contribution in [0.5, 0.6) is 0 Å². The Morgan fingerprint density at radius 1 is 1.36 bits per heavy atom. The lowest BCUT2D eigenvalue weighted by atomic mass is 10.1. The summed E-state index contributed by atoms with van der Waals surface area (Å²) in [6.45, 7) is 5.62. The highest BCUT2D eigenvalue weighted by Crippen LogP contribution is 2.08. The van der Waals surface area contributed by atoms with E-state index in [1.54, 1.807) is 6.08 Å². The average Bonchev–Trinajstić information content (AvgIpc) is 2.14. The maximum atomic E-state index is 11.2. The van der Waals surface area contributed by atoms with Gasteiger partial charge in [-0.15, -0.1) is 0 Å². The molecule has 0 aromatic rings. The number of rotatable bonds is 5. The maximum absolute atomic E-state index is 11.2. The number of halogens is 1. The second-order valence-corrected chi connectivity index (χ2v) is 3.66. The van der Waals surface area contributed by atoms with Crippen LogP contribution in [0.1, 0.15) is 33.6 Å². The molecule has 0 spiro atoms. The van der Waals surface area contributed by atoms with E-state index < -0.39 is 0 Å². The van der Waals surface area contributed by atoms with Crippen molar-refractivity contribution in [2.24, 2.45) is 0 Å². The second-order valence-electron chi connectivity index (χ2n) is 3.06. The van der Waals surface area contributed by atoms with E-state index in [-0.39, 0.29) is 5.78 Å². The van der Waals surface area contributed by atoms with E-state index >= 15 is 0 Å². The SMILES string of the molecule is C\C=C/C(=C/C=C(\C)Cl)CC(=O)CC. The molecule has 0 amide bonds. The van der Waals surface area contributed by atoms with Crippen LogP contribution in [-0.4, -0.2) is 5.78 Å². The van der Waals surface area contributed by atoms with E-state index in [4.69, 9.17) is 11.6 Å². The Balaban J connectivity index is 4.52. The number of carbonyl (C=O) groups excluding carboxylic acids is 1. The van der Waals surface area contributed by atoms with E-state index in [2.05, 4.69) is 0 Å². The van der Waals surface area contributed by atoms with Crippen molar-refractivity contribution in [3.63, 3.8) is 0 Å². The van der Waals surface area contributed by atoms with Crippen LogP contribution >= 0.6 is 11.6 Å². The monoisotopic (exact) mass is 212 g/mol. The van der Waals surface area contributed by atoms with Crippen LogP contribution < -0.4 is 0 Å². The van der Waals surface area contributed by atoms with Crippen LogP contribution in [0.15, 0.2) is 34.9 Å². The molecule has 0 aliphatic rings. The van der Waals surface area contributed by atoms with Gasteiger partial charge in [0, 0.05) is 17.9 Å². The number of hydrogen-bond acceptors (Lipinski definition) is 1. The number of Topliss-reactive ketones (excluding diaryl/α,β-unsaturated/α-hetero) is 1. The molecule has 0 aliphatic heterocycles. The molecule has 0 unspecified atom stereocenters. The minimum atomic E-state index is 0.245. The standard InChI is InChI=1S/C12H17ClO/c1-4-6-11(8-7-10(3)13)9-12(14)5-2/h4,6-8H,5,9H2,1-3H3/b6-4-,10-7+,11-8-. The zero-order valence-electron chi connectivity index (χ0n) is 9.01. The van der Waals surface area contributed by atoms with Crippen molar-refractivity contribution in [2.45, 2.75) is 33.6 Å². The van der Waals surface area contributed by atoms with Gasteiger partial charge in [-0.05, 0) is 25.5 Å². The topological polar surface area (TPSA) is 17.1 Å². The quantitative estimate of drug-likeness (QED) is 0.630. The van der Waals surface area contributed by atoms with Crippen LogP contribution in [0.4, 0.5) is 0 Å². The van der Waals surface area contributed by atoms with E-state index in [1.807, 2.05) is 39.0 Å². The summed E-state index contributed by atoms with van der Waals surface area (Å²) >= 11 is 5.70. The van der Waals surface area contributed by atoms with Crippen LogP contribution in [0, 0.1) is 0 Å². The summed E-state index contributed by atoms with van der Waals surface area (Å²) in [6.07, 6.45) is 8.62. The molecule has 0 aliphatic carbocycles. The lowest BCUT2D eigenvalue weighted by molar-refractivity contribution is -0.118. The third-order valence-electron chi connectivity index (χ3n) is 1.70. The van der Waals surface area contributed by atoms with Gasteiger partial charge in [0.2, 0.25) is 0 Å². The van der Waals surface area contributed by atoms with Crippen LogP contribution in [0.25, 0.3) is 0 Å². The Labute approximate surface area is 91.1 Å². The Hall–Kier alpha value is -0.820. The molecule has 0 fully saturated rings. The van der Waals surface area contributed by atoms with Crippen molar-refractivity contribution in [1.29, 1.82) is 0 Å². The van der Waals surface area contributed by atoms with Crippen LogP contribution in [0.2, 0.25) is 0 Å². The minimum Gasteiger partial charge on any atom is -0.299 e. The number of ketones is 1. The maximum Gasteiger partial charge on any atom is 0.136 e. The van der Waals surface area contributed by atoms with Crippen molar-refractivity contribution in [3.8, 4) is 0 Å². The van der Waals surface area contributed by atoms with Gasteiger partial charge in [0.1, 0.15) is 5.78 Å². The van der Waals surface area contributed by atoms with E-state index in [0.29, 0.717) is 12.8 Å². The minimum absolute atomic E-state index is 0.245. The summed E-state index contributed by atoms with van der Waals surface area (Å²) in [6, 6.07) is 0. The highest BCUT2D eigenvalue weighted by atomic mass is 35.5. The molecule has 14 heavy (non-hydrogen) atoms. The fourth-order valence-corrected chi connectivity index (χ4v) is 1.03. The first kappa shape index (κ1) is 13.2. The molecule has 0 rings (SSSR count). The van der Waals surface area contributed by atoms with Crippen LogP contribution in [0.3, 0.4) is 0 Å². The summed E-state index contributed by atoms with van der Waals surface area (Å²) in [5.74, 6) is 0.245. The number of allylic oxidation sites excluding steroid dienone is 6. The molecule has 0 heterocycles. The van der Waals surface area contributed by atoms with Gasteiger partial charge in [-0.25, -0.2) is 0 Å². The van der Waals surface area contributed by atoms with E-state index in [1.165, 1.54) is 0 Å². The summed E-state index contributed by atoms with van der Waals surface area (Å²) in [4.78, 5) is 11.2. The van der Waals surface area contributed by atoms with Gasteiger partial charge < -0.3 is 0 Å². The van der Waals surface area contributed by atoms with E-state index in [9.17, 15) is 4.79 Å². The molecule has 0 atom stereocenters.